The first-order chi connectivity index (χ1) is 10.1. The molecule has 7 heteroatoms. The number of rotatable bonds is 3. The third-order valence-corrected chi connectivity index (χ3v) is 3.81. The predicted octanol–water partition coefficient (Wildman–Crippen LogP) is 0.570. The summed E-state index contributed by atoms with van der Waals surface area (Å²) in [5, 5.41) is 2.84. The zero-order valence-corrected chi connectivity index (χ0v) is 11.7. The molecule has 1 aliphatic rings. The largest absolute Gasteiger partial charge is 0.379 e. The van der Waals surface area contributed by atoms with Crippen molar-refractivity contribution in [3.63, 3.8) is 0 Å². The molecule has 21 heavy (non-hydrogen) atoms. The zero-order chi connectivity index (χ0) is 14.9. The molecule has 0 aromatic carbocycles. The summed E-state index contributed by atoms with van der Waals surface area (Å²) < 4.78 is 7.07. The third-order valence-electron chi connectivity index (χ3n) is 3.81. The summed E-state index contributed by atoms with van der Waals surface area (Å²) in [6.45, 7) is 2.55. The lowest BCUT2D eigenvalue weighted by Crippen LogP contribution is -2.47. The molecule has 2 unspecified atom stereocenters. The van der Waals surface area contributed by atoms with Crippen molar-refractivity contribution in [2.24, 2.45) is 11.1 Å². The van der Waals surface area contributed by atoms with Gasteiger partial charge >= 0.3 is 0 Å². The predicted molar refractivity (Wildman–Crippen MR) is 76.9 cm³/mol. The van der Waals surface area contributed by atoms with Crippen molar-refractivity contribution in [2.75, 3.05) is 18.5 Å². The summed E-state index contributed by atoms with van der Waals surface area (Å²) in [7, 11) is 0. The van der Waals surface area contributed by atoms with Gasteiger partial charge in [-0.2, -0.15) is 0 Å². The zero-order valence-electron chi connectivity index (χ0n) is 11.7. The number of nitrogens with one attached hydrogen (secondary N) is 1. The van der Waals surface area contributed by atoms with Gasteiger partial charge in [0.15, 0.2) is 0 Å². The summed E-state index contributed by atoms with van der Waals surface area (Å²) in [6, 6.07) is 3.31. The van der Waals surface area contributed by atoms with E-state index in [1.807, 2.05) is 13.0 Å². The number of nitrogens with zero attached hydrogens (tertiary/aromatic N) is 3. The molecule has 2 atom stereocenters. The third kappa shape index (κ3) is 2.53. The number of hydrogen-bond donors (Lipinski definition) is 2. The van der Waals surface area contributed by atoms with E-state index in [2.05, 4.69) is 15.3 Å². The Labute approximate surface area is 122 Å². The Morgan fingerprint density at radius 1 is 1.57 bits per heavy atom. The van der Waals surface area contributed by atoms with Gasteiger partial charge < -0.3 is 15.8 Å². The van der Waals surface area contributed by atoms with E-state index < -0.39 is 5.41 Å². The van der Waals surface area contributed by atoms with E-state index in [4.69, 9.17) is 10.5 Å². The molecular weight excluding hydrogens is 270 g/mol. The molecule has 0 bridgehead atoms. The van der Waals surface area contributed by atoms with Gasteiger partial charge in [-0.3, -0.25) is 9.36 Å². The van der Waals surface area contributed by atoms with E-state index in [9.17, 15) is 4.79 Å². The van der Waals surface area contributed by atoms with Gasteiger partial charge in [0.1, 0.15) is 12.1 Å². The molecule has 3 N–H and O–H groups in total. The summed E-state index contributed by atoms with van der Waals surface area (Å²) in [4.78, 5) is 20.6. The number of carbonyl (C=O) groups is 1. The fourth-order valence-electron chi connectivity index (χ4n) is 2.20. The van der Waals surface area contributed by atoms with Gasteiger partial charge in [-0.05, 0) is 19.1 Å². The standard InChI is InChI=1S/C14H17N5O2/c1-14(8-21-7-11(14)15)13(20)18-10-2-3-12(17-6-10)19-5-4-16-9-19/h2-6,9,11H,7-8,15H2,1H3,(H,18,20). The minimum Gasteiger partial charge on any atom is -0.379 e. The number of hydrogen-bond acceptors (Lipinski definition) is 5. The number of aromatic nitrogens is 3. The van der Waals surface area contributed by atoms with Crippen molar-refractivity contribution in [3.05, 3.63) is 37.1 Å². The van der Waals surface area contributed by atoms with Crippen molar-refractivity contribution >= 4 is 11.6 Å². The topological polar surface area (TPSA) is 95.1 Å². The van der Waals surface area contributed by atoms with E-state index in [-0.39, 0.29) is 11.9 Å². The number of pyridine rings is 1. The van der Waals surface area contributed by atoms with Crippen molar-refractivity contribution in [3.8, 4) is 5.82 Å². The summed E-state index contributed by atoms with van der Waals surface area (Å²) in [6.07, 6.45) is 6.75. The number of anilines is 1. The second-order valence-electron chi connectivity index (χ2n) is 5.37. The van der Waals surface area contributed by atoms with Crippen LogP contribution in [0.2, 0.25) is 0 Å². The van der Waals surface area contributed by atoms with Crippen LogP contribution < -0.4 is 11.1 Å². The highest BCUT2D eigenvalue weighted by atomic mass is 16.5. The maximum absolute atomic E-state index is 12.3. The second-order valence-corrected chi connectivity index (χ2v) is 5.37. The summed E-state index contributed by atoms with van der Waals surface area (Å²) in [5.74, 6) is 0.585. The van der Waals surface area contributed by atoms with Gasteiger partial charge in [0.05, 0.1) is 30.5 Å². The lowest BCUT2D eigenvalue weighted by atomic mass is 9.85. The minimum atomic E-state index is -0.705. The first-order valence-electron chi connectivity index (χ1n) is 6.69. The Morgan fingerprint density at radius 2 is 2.43 bits per heavy atom. The van der Waals surface area contributed by atoms with Crippen LogP contribution in [-0.4, -0.2) is 39.7 Å². The molecule has 2 aromatic rings. The average molecular weight is 287 g/mol. The monoisotopic (exact) mass is 287 g/mol. The molecule has 7 nitrogen and oxygen atoms in total. The van der Waals surface area contributed by atoms with E-state index in [1.54, 1.807) is 35.6 Å². The van der Waals surface area contributed by atoms with Crippen molar-refractivity contribution in [2.45, 2.75) is 13.0 Å². The first kappa shape index (κ1) is 13.7. The average Bonchev–Trinajstić information content (AvgIpc) is 3.12. The number of amides is 1. The van der Waals surface area contributed by atoms with Crippen LogP contribution in [0.1, 0.15) is 6.92 Å². The van der Waals surface area contributed by atoms with Gasteiger partial charge in [0, 0.05) is 18.4 Å². The van der Waals surface area contributed by atoms with Crippen LogP contribution in [0.4, 0.5) is 5.69 Å². The van der Waals surface area contributed by atoms with Crippen LogP contribution in [0, 0.1) is 5.41 Å². The van der Waals surface area contributed by atoms with Crippen LogP contribution in [0.5, 0.6) is 0 Å². The molecule has 2 aromatic heterocycles. The van der Waals surface area contributed by atoms with Crippen LogP contribution in [0.15, 0.2) is 37.1 Å². The van der Waals surface area contributed by atoms with Gasteiger partial charge in [-0.1, -0.05) is 0 Å². The quantitative estimate of drug-likeness (QED) is 0.860. The Balaban J connectivity index is 1.72. The van der Waals surface area contributed by atoms with Crippen molar-refractivity contribution < 1.29 is 9.53 Å². The highest BCUT2D eigenvalue weighted by Crippen LogP contribution is 2.28. The molecule has 0 aliphatic carbocycles. The highest BCUT2D eigenvalue weighted by Gasteiger charge is 2.44. The molecule has 3 heterocycles. The Bertz CT molecular complexity index is 625. The maximum Gasteiger partial charge on any atom is 0.234 e. The van der Waals surface area contributed by atoms with Crippen LogP contribution in [0.25, 0.3) is 5.82 Å². The molecular formula is C14H17N5O2. The smallest absolute Gasteiger partial charge is 0.234 e. The molecule has 1 fully saturated rings. The van der Waals surface area contributed by atoms with Gasteiger partial charge in [-0.25, -0.2) is 9.97 Å². The summed E-state index contributed by atoms with van der Waals surface area (Å²) in [5.41, 5.74) is 5.87. The Hall–Kier alpha value is -2.25. The van der Waals surface area contributed by atoms with E-state index in [1.165, 1.54) is 0 Å². The molecule has 0 saturated carbocycles. The van der Waals surface area contributed by atoms with Crippen molar-refractivity contribution in [1.82, 2.24) is 14.5 Å². The van der Waals surface area contributed by atoms with E-state index in [0.29, 0.717) is 18.9 Å². The first-order valence-corrected chi connectivity index (χ1v) is 6.69. The Kier molecular flexibility index (Phi) is 3.44. The normalized spacial score (nSPS) is 25.0. The van der Waals surface area contributed by atoms with Gasteiger partial charge in [0.2, 0.25) is 5.91 Å². The number of imidazole rings is 1. The van der Waals surface area contributed by atoms with E-state index >= 15 is 0 Å². The van der Waals surface area contributed by atoms with Crippen molar-refractivity contribution in [1.29, 1.82) is 0 Å². The molecule has 1 saturated heterocycles. The second kappa shape index (κ2) is 5.27. The lowest BCUT2D eigenvalue weighted by molar-refractivity contribution is -0.125. The number of nitrogens with two attached hydrogens (primary N) is 1. The Morgan fingerprint density at radius 3 is 3.00 bits per heavy atom. The summed E-state index contributed by atoms with van der Waals surface area (Å²) >= 11 is 0. The lowest BCUT2D eigenvalue weighted by Gasteiger charge is -2.25. The molecule has 3 rings (SSSR count). The van der Waals surface area contributed by atoms with Crippen LogP contribution >= 0.6 is 0 Å². The van der Waals surface area contributed by atoms with E-state index in [0.717, 1.165) is 5.82 Å². The fraction of sp³-hybridized carbons (Fsp3) is 0.357. The van der Waals surface area contributed by atoms with Gasteiger partial charge in [-0.15, -0.1) is 0 Å². The molecule has 0 radical (unpaired) electrons. The molecule has 1 amide bonds. The number of ether oxygens (including phenoxy) is 1. The molecule has 0 spiro atoms. The fourth-order valence-corrected chi connectivity index (χ4v) is 2.20. The minimum absolute atomic E-state index is 0.148. The number of carbonyl (C=O) groups excluding carboxylic acids is 1. The molecule has 110 valence electrons. The highest BCUT2D eigenvalue weighted by molar-refractivity contribution is 5.95. The molecule has 1 aliphatic heterocycles. The van der Waals surface area contributed by atoms with Crippen LogP contribution in [-0.2, 0) is 9.53 Å². The SMILES string of the molecule is CC1(C(=O)Nc2ccc(-n3ccnc3)nc2)COCC1N. The van der Waals surface area contributed by atoms with Gasteiger partial charge in [0.25, 0.3) is 0 Å². The van der Waals surface area contributed by atoms with Crippen LogP contribution in [0.3, 0.4) is 0 Å². The maximum atomic E-state index is 12.3.